The molecule has 1 aromatic rings. The van der Waals surface area contributed by atoms with Crippen LogP contribution in [-0.4, -0.2) is 23.1 Å². The molecule has 0 aliphatic heterocycles. The van der Waals surface area contributed by atoms with Crippen LogP contribution >= 0.6 is 23.2 Å². The van der Waals surface area contributed by atoms with Crippen LogP contribution in [0.15, 0.2) is 30.9 Å². The van der Waals surface area contributed by atoms with Crippen molar-refractivity contribution < 1.29 is 14.7 Å². The van der Waals surface area contributed by atoms with Crippen LogP contribution in [0.1, 0.15) is 6.42 Å². The van der Waals surface area contributed by atoms with Crippen molar-refractivity contribution in [3.8, 4) is 0 Å². The van der Waals surface area contributed by atoms with Crippen LogP contribution in [0.4, 0.5) is 10.5 Å². The minimum absolute atomic E-state index is 0.129. The smallest absolute Gasteiger partial charge is 0.326 e. The van der Waals surface area contributed by atoms with Crippen LogP contribution in [0, 0.1) is 0 Å². The van der Waals surface area contributed by atoms with Gasteiger partial charge in [-0.05, 0) is 24.6 Å². The van der Waals surface area contributed by atoms with Crippen molar-refractivity contribution in [3.63, 3.8) is 0 Å². The van der Waals surface area contributed by atoms with Gasteiger partial charge in [0.25, 0.3) is 0 Å². The quantitative estimate of drug-likeness (QED) is 0.731. The number of benzene rings is 1. The number of anilines is 1. The third-order valence-electron chi connectivity index (χ3n) is 2.18. The van der Waals surface area contributed by atoms with E-state index in [0.717, 1.165) is 0 Å². The van der Waals surface area contributed by atoms with E-state index in [2.05, 4.69) is 17.2 Å². The van der Waals surface area contributed by atoms with Crippen LogP contribution in [0.3, 0.4) is 0 Å². The molecular formula is C12H12Cl2N2O3. The van der Waals surface area contributed by atoms with E-state index in [1.54, 1.807) is 6.07 Å². The average molecular weight is 303 g/mol. The molecule has 0 aliphatic carbocycles. The largest absolute Gasteiger partial charge is 0.480 e. The Balaban J connectivity index is 2.65. The zero-order chi connectivity index (χ0) is 14.4. The van der Waals surface area contributed by atoms with Crippen LogP contribution in [-0.2, 0) is 4.79 Å². The molecule has 2 amide bonds. The van der Waals surface area contributed by atoms with E-state index in [-0.39, 0.29) is 6.42 Å². The molecule has 1 aromatic carbocycles. The molecule has 3 N–H and O–H groups in total. The Morgan fingerprint density at radius 1 is 1.37 bits per heavy atom. The summed E-state index contributed by atoms with van der Waals surface area (Å²) in [5.74, 6) is -1.14. The van der Waals surface area contributed by atoms with E-state index >= 15 is 0 Å². The standard InChI is InChI=1S/C12H12Cl2N2O3/c1-2-3-10(11(17)18)16-12(19)15-7-4-5-8(13)9(14)6-7/h2,4-6,10H,1,3H2,(H,17,18)(H2,15,16,19). The lowest BCUT2D eigenvalue weighted by atomic mass is 10.2. The number of hydrogen-bond donors (Lipinski definition) is 3. The fraction of sp³-hybridized carbons (Fsp3) is 0.167. The topological polar surface area (TPSA) is 78.4 Å². The summed E-state index contributed by atoms with van der Waals surface area (Å²) in [7, 11) is 0. The number of aliphatic carboxylic acids is 1. The number of amides is 2. The number of carbonyl (C=O) groups excluding carboxylic acids is 1. The molecule has 1 atom stereocenters. The van der Waals surface area contributed by atoms with Gasteiger partial charge in [-0.3, -0.25) is 0 Å². The normalized spacial score (nSPS) is 11.5. The second-order valence-electron chi connectivity index (χ2n) is 3.64. The molecule has 0 bridgehead atoms. The molecule has 0 aliphatic rings. The van der Waals surface area contributed by atoms with Crippen molar-refractivity contribution in [1.82, 2.24) is 5.32 Å². The minimum Gasteiger partial charge on any atom is -0.480 e. The number of carbonyl (C=O) groups is 2. The van der Waals surface area contributed by atoms with Crippen molar-refractivity contribution >= 4 is 40.9 Å². The third kappa shape index (κ3) is 4.81. The van der Waals surface area contributed by atoms with Crippen LogP contribution in [0.2, 0.25) is 10.0 Å². The maximum absolute atomic E-state index is 11.6. The van der Waals surface area contributed by atoms with Crippen LogP contribution < -0.4 is 10.6 Å². The third-order valence-corrected chi connectivity index (χ3v) is 2.92. The maximum Gasteiger partial charge on any atom is 0.326 e. The van der Waals surface area contributed by atoms with Crippen molar-refractivity contribution in [2.75, 3.05) is 5.32 Å². The van der Waals surface area contributed by atoms with E-state index in [1.807, 2.05) is 0 Å². The zero-order valence-corrected chi connectivity index (χ0v) is 11.3. The van der Waals surface area contributed by atoms with Crippen molar-refractivity contribution in [3.05, 3.63) is 40.9 Å². The number of hydrogen-bond acceptors (Lipinski definition) is 2. The van der Waals surface area contributed by atoms with Crippen molar-refractivity contribution in [2.45, 2.75) is 12.5 Å². The van der Waals surface area contributed by atoms with Gasteiger partial charge in [-0.15, -0.1) is 6.58 Å². The van der Waals surface area contributed by atoms with Gasteiger partial charge in [-0.1, -0.05) is 29.3 Å². The molecule has 5 nitrogen and oxygen atoms in total. The lowest BCUT2D eigenvalue weighted by Gasteiger charge is -2.13. The van der Waals surface area contributed by atoms with Crippen molar-refractivity contribution in [1.29, 1.82) is 0 Å². The highest BCUT2D eigenvalue weighted by atomic mass is 35.5. The van der Waals surface area contributed by atoms with E-state index in [9.17, 15) is 9.59 Å². The number of urea groups is 1. The molecule has 7 heteroatoms. The summed E-state index contributed by atoms with van der Waals surface area (Å²) in [4.78, 5) is 22.4. The Morgan fingerprint density at radius 2 is 2.05 bits per heavy atom. The Morgan fingerprint density at radius 3 is 2.58 bits per heavy atom. The molecule has 0 radical (unpaired) electrons. The van der Waals surface area contributed by atoms with E-state index in [0.29, 0.717) is 15.7 Å². The molecular weight excluding hydrogens is 291 g/mol. The lowest BCUT2D eigenvalue weighted by molar-refractivity contribution is -0.139. The summed E-state index contributed by atoms with van der Waals surface area (Å²) in [6, 6.07) is 2.87. The monoisotopic (exact) mass is 302 g/mol. The maximum atomic E-state index is 11.6. The van der Waals surface area contributed by atoms with Crippen LogP contribution in [0.5, 0.6) is 0 Å². The molecule has 0 saturated carbocycles. The number of halogens is 2. The predicted molar refractivity (Wildman–Crippen MR) is 74.9 cm³/mol. The molecule has 1 rings (SSSR count). The number of nitrogens with one attached hydrogen (secondary N) is 2. The first kappa shape index (κ1) is 15.3. The van der Waals surface area contributed by atoms with E-state index < -0.39 is 18.0 Å². The Labute approximate surface area is 120 Å². The molecule has 19 heavy (non-hydrogen) atoms. The van der Waals surface area contributed by atoms with Gasteiger partial charge in [-0.2, -0.15) is 0 Å². The SMILES string of the molecule is C=CCC(NC(=O)Nc1ccc(Cl)c(Cl)c1)C(=O)O. The Bertz CT molecular complexity index is 506. The summed E-state index contributed by atoms with van der Waals surface area (Å²) in [6.45, 7) is 3.43. The second-order valence-corrected chi connectivity index (χ2v) is 4.46. The Hall–Kier alpha value is -1.72. The molecule has 1 unspecified atom stereocenters. The number of rotatable bonds is 5. The fourth-order valence-electron chi connectivity index (χ4n) is 1.29. The highest BCUT2D eigenvalue weighted by Gasteiger charge is 2.18. The average Bonchev–Trinajstić information content (AvgIpc) is 2.33. The first-order valence-corrected chi connectivity index (χ1v) is 6.06. The van der Waals surface area contributed by atoms with Gasteiger partial charge in [0.15, 0.2) is 0 Å². The highest BCUT2D eigenvalue weighted by molar-refractivity contribution is 6.42. The number of carboxylic acid groups (broad SMARTS) is 1. The van der Waals surface area contributed by atoms with Gasteiger partial charge in [0.05, 0.1) is 10.0 Å². The predicted octanol–water partition coefficient (Wildman–Crippen LogP) is 3.14. The summed E-state index contributed by atoms with van der Waals surface area (Å²) in [5, 5.41) is 14.3. The first-order valence-electron chi connectivity index (χ1n) is 5.30. The second kappa shape index (κ2) is 7.01. The molecule has 0 fully saturated rings. The molecule has 0 heterocycles. The summed E-state index contributed by atoms with van der Waals surface area (Å²) >= 11 is 11.5. The van der Waals surface area contributed by atoms with E-state index in [1.165, 1.54) is 18.2 Å². The molecule has 102 valence electrons. The van der Waals surface area contributed by atoms with E-state index in [4.69, 9.17) is 28.3 Å². The molecule has 0 spiro atoms. The fourth-order valence-corrected chi connectivity index (χ4v) is 1.59. The minimum atomic E-state index is -1.14. The first-order chi connectivity index (χ1) is 8.93. The molecule has 0 saturated heterocycles. The van der Waals surface area contributed by atoms with Gasteiger partial charge in [-0.25, -0.2) is 9.59 Å². The van der Waals surface area contributed by atoms with Crippen LogP contribution in [0.25, 0.3) is 0 Å². The van der Waals surface area contributed by atoms with Gasteiger partial charge in [0.2, 0.25) is 0 Å². The number of carboxylic acids is 1. The molecule has 0 aromatic heterocycles. The summed E-state index contributed by atoms with van der Waals surface area (Å²) in [5.41, 5.74) is 0.412. The van der Waals surface area contributed by atoms with Gasteiger partial charge in [0, 0.05) is 5.69 Å². The highest BCUT2D eigenvalue weighted by Crippen LogP contribution is 2.24. The van der Waals surface area contributed by atoms with Gasteiger partial charge >= 0.3 is 12.0 Å². The zero-order valence-electron chi connectivity index (χ0n) is 9.82. The summed E-state index contributed by atoms with van der Waals surface area (Å²) < 4.78 is 0. The van der Waals surface area contributed by atoms with Crippen molar-refractivity contribution in [2.24, 2.45) is 0 Å². The summed E-state index contributed by atoms with van der Waals surface area (Å²) in [6.07, 6.45) is 1.54. The van der Waals surface area contributed by atoms with Gasteiger partial charge in [0.1, 0.15) is 6.04 Å². The van der Waals surface area contributed by atoms with Gasteiger partial charge < -0.3 is 15.7 Å². The Kier molecular flexibility index (Phi) is 5.66. The lowest BCUT2D eigenvalue weighted by Crippen LogP contribution is -2.42.